The first-order chi connectivity index (χ1) is 36.6. The lowest BCUT2D eigenvalue weighted by Gasteiger charge is -2.23. The zero-order valence-electron chi connectivity index (χ0n) is 39.6. The van der Waals surface area contributed by atoms with E-state index < -0.39 is 59.9 Å². The van der Waals surface area contributed by atoms with Gasteiger partial charge in [0.15, 0.2) is 17.2 Å². The Morgan fingerprint density at radius 1 is 0.592 bits per heavy atom. The molecule has 0 radical (unpaired) electrons. The zero-order chi connectivity index (χ0) is 53.6. The number of alkyl halides is 2. The van der Waals surface area contributed by atoms with Gasteiger partial charge in [0.1, 0.15) is 59.5 Å². The molecule has 2 saturated heterocycles. The van der Waals surface area contributed by atoms with Crippen molar-refractivity contribution in [3.05, 3.63) is 137 Å². The Morgan fingerprint density at radius 2 is 1.08 bits per heavy atom. The Balaban J connectivity index is 0.000000186. The number of carbonyl (C=O) groups excluding carboxylic acids is 6. The van der Waals surface area contributed by atoms with Gasteiger partial charge in [-0.2, -0.15) is 15.3 Å². The topological polar surface area (TPSA) is 309 Å². The molecule has 2 aliphatic heterocycles. The molecule has 2 aliphatic rings. The molecule has 2 aromatic carbocycles. The van der Waals surface area contributed by atoms with Crippen LogP contribution in [0.3, 0.4) is 0 Å². The zero-order valence-corrected chi connectivity index (χ0v) is 41.1. The summed E-state index contributed by atoms with van der Waals surface area (Å²) in [7, 11) is 0. The minimum absolute atomic E-state index is 0.0197. The van der Waals surface area contributed by atoms with Gasteiger partial charge in [0.2, 0.25) is 23.6 Å². The molecule has 2 fully saturated rings. The summed E-state index contributed by atoms with van der Waals surface area (Å²) in [5.74, 6) is -2.94. The van der Waals surface area contributed by atoms with E-state index in [-0.39, 0.29) is 72.4 Å². The van der Waals surface area contributed by atoms with E-state index in [1.165, 1.54) is 32.6 Å². The van der Waals surface area contributed by atoms with Gasteiger partial charge < -0.3 is 42.5 Å². The van der Waals surface area contributed by atoms with Crippen LogP contribution in [0.4, 0.5) is 43.3 Å². The van der Waals surface area contributed by atoms with Crippen LogP contribution < -0.4 is 32.7 Å². The van der Waals surface area contributed by atoms with Crippen LogP contribution in [0.25, 0.3) is 21.8 Å². The molecule has 0 unspecified atom stereocenters. The number of carbonyl (C=O) groups is 6. The molecule has 0 spiro atoms. The first kappa shape index (κ1) is 51.7. The molecule has 0 bridgehead atoms. The van der Waals surface area contributed by atoms with Crippen LogP contribution in [0.15, 0.2) is 116 Å². The molecule has 6 aromatic heterocycles. The number of halogens is 4. The predicted octanol–water partition coefficient (Wildman–Crippen LogP) is 5.19. The number of hydrogen-bond acceptors (Lipinski definition) is 15. The molecule has 27 heteroatoms. The number of primary amides is 2. The molecule has 6 amide bonds. The summed E-state index contributed by atoms with van der Waals surface area (Å²) in [6.45, 7) is -1.17. The summed E-state index contributed by atoms with van der Waals surface area (Å²) in [6.07, 6.45) is 1.74. The average molecular weight is 1070 g/mol. The van der Waals surface area contributed by atoms with Crippen LogP contribution in [0, 0.1) is 0 Å². The van der Waals surface area contributed by atoms with Gasteiger partial charge in [0.25, 0.3) is 11.8 Å². The molecule has 388 valence electrons. The Hall–Kier alpha value is -9.23. The van der Waals surface area contributed by atoms with Gasteiger partial charge in [-0.05, 0) is 84.9 Å². The van der Waals surface area contributed by atoms with Crippen molar-refractivity contribution >= 4 is 115 Å². The highest BCUT2D eigenvalue weighted by Crippen LogP contribution is 2.29. The Kier molecular flexibility index (Phi) is 15.3. The van der Waals surface area contributed by atoms with Crippen LogP contribution in [0.1, 0.15) is 33.8 Å². The molecule has 8 N–H and O–H groups in total. The van der Waals surface area contributed by atoms with Crippen LogP contribution in [-0.2, 0) is 32.3 Å². The third kappa shape index (κ3) is 11.9. The summed E-state index contributed by atoms with van der Waals surface area (Å²) in [6, 6.07) is 24.5. The Bertz CT molecular complexity index is 3290. The van der Waals surface area contributed by atoms with E-state index in [0.29, 0.717) is 39.0 Å². The van der Waals surface area contributed by atoms with Crippen LogP contribution in [0.2, 0.25) is 10.3 Å². The number of anilines is 6. The minimum Gasteiger partial charge on any atom is -0.364 e. The number of rotatable bonds is 14. The summed E-state index contributed by atoms with van der Waals surface area (Å²) >= 11 is 11.7. The van der Waals surface area contributed by atoms with E-state index in [2.05, 4.69) is 56.6 Å². The minimum atomic E-state index is -1.38. The van der Waals surface area contributed by atoms with Crippen molar-refractivity contribution < 1.29 is 37.5 Å². The Morgan fingerprint density at radius 3 is 1.53 bits per heavy atom. The number of benzene rings is 2. The third-order valence-corrected chi connectivity index (χ3v) is 12.4. The summed E-state index contributed by atoms with van der Waals surface area (Å²) < 4.78 is 31.4. The summed E-state index contributed by atoms with van der Waals surface area (Å²) in [5.41, 5.74) is 14.0. The largest absolute Gasteiger partial charge is 0.364 e. The molecular formula is C49H43Cl2F2N17O6. The maximum atomic E-state index is 14.4. The van der Waals surface area contributed by atoms with Gasteiger partial charge in [-0.25, -0.2) is 18.7 Å². The fraction of sp³-hybridized carbons (Fsp3) is 0.204. The second-order valence-corrected chi connectivity index (χ2v) is 18.0. The van der Waals surface area contributed by atoms with E-state index in [4.69, 9.17) is 34.7 Å². The monoisotopic (exact) mass is 1070 g/mol. The second kappa shape index (κ2) is 22.5. The first-order valence-electron chi connectivity index (χ1n) is 23.1. The standard InChI is InChI=1S/C25H22ClFN8O3.C24H21ClFN9O3/c26-20-4-1-5-21(31-20)32-25(38)19-9-14(27)12-34(19)22(36)13-35-18-7-6-15(30-16-3-2-8-29-11-16)10-17(18)23(33-35)24(28)37;25-18-3-1-4-19(30-18)31-24(38)17-9-13(26)11-34(17)21(36)12-35-16-7-6-14(29-20-5-2-8-28-32-20)10-15(16)22(33-35)23(27)37/h1-8,10-11,14,19,30H,9,12-13H2,(H2,28,37)(H,31,32,38);1-8,10,13,17H,9,11-12H2,(H2,27,37)(H,29,32)(H,30,31,38)/t14-,19+;13-,17+/m11/s1. The highest BCUT2D eigenvalue weighted by Gasteiger charge is 2.41. The van der Waals surface area contributed by atoms with Crippen molar-refractivity contribution in [1.29, 1.82) is 0 Å². The third-order valence-electron chi connectivity index (χ3n) is 12.0. The number of nitrogens with two attached hydrogens (primary N) is 2. The number of hydrogen-bond donors (Lipinski definition) is 6. The van der Waals surface area contributed by atoms with Crippen molar-refractivity contribution in [2.45, 2.75) is 50.4 Å². The van der Waals surface area contributed by atoms with Gasteiger partial charge >= 0.3 is 0 Å². The van der Waals surface area contributed by atoms with Gasteiger partial charge in [0.05, 0.1) is 36.0 Å². The highest BCUT2D eigenvalue weighted by molar-refractivity contribution is 6.29. The maximum Gasteiger partial charge on any atom is 0.269 e. The molecule has 0 aliphatic carbocycles. The molecule has 8 heterocycles. The molecule has 8 aromatic rings. The van der Waals surface area contributed by atoms with E-state index in [9.17, 15) is 37.5 Å². The number of nitrogens with zero attached hydrogens (tertiary/aromatic N) is 11. The highest BCUT2D eigenvalue weighted by atomic mass is 35.5. The van der Waals surface area contributed by atoms with Gasteiger partial charge in [-0.3, -0.25) is 43.1 Å². The number of aromatic nitrogens is 9. The van der Waals surface area contributed by atoms with Crippen molar-refractivity contribution in [3.8, 4) is 0 Å². The van der Waals surface area contributed by atoms with Crippen LogP contribution >= 0.6 is 23.2 Å². The van der Waals surface area contributed by atoms with Crippen molar-refractivity contribution in [2.24, 2.45) is 11.5 Å². The van der Waals surface area contributed by atoms with Gasteiger partial charge in [-0.1, -0.05) is 35.3 Å². The number of nitrogens with one attached hydrogen (secondary N) is 4. The second-order valence-electron chi connectivity index (χ2n) is 17.3. The molecular weight excluding hydrogens is 1030 g/mol. The van der Waals surface area contributed by atoms with Crippen LogP contribution in [0.5, 0.6) is 0 Å². The summed E-state index contributed by atoms with van der Waals surface area (Å²) in [4.78, 5) is 90.9. The number of likely N-dealkylation sites (tertiary alicyclic amines) is 2. The molecule has 4 atom stereocenters. The van der Waals surface area contributed by atoms with Crippen LogP contribution in [-0.4, -0.2) is 127 Å². The number of pyridine rings is 3. The number of fused-ring (bicyclic) bond motifs is 2. The molecule has 0 saturated carbocycles. The Labute approximate surface area is 439 Å². The van der Waals surface area contributed by atoms with Gasteiger partial charge in [-0.15, -0.1) is 5.10 Å². The van der Waals surface area contributed by atoms with E-state index in [1.54, 1.807) is 91.3 Å². The summed E-state index contributed by atoms with van der Waals surface area (Å²) in [5, 5.41) is 28.8. The molecule has 76 heavy (non-hydrogen) atoms. The molecule has 10 rings (SSSR count). The van der Waals surface area contributed by atoms with E-state index in [0.717, 1.165) is 10.6 Å². The lowest BCUT2D eigenvalue weighted by Crippen LogP contribution is -2.44. The predicted molar refractivity (Wildman–Crippen MR) is 275 cm³/mol. The van der Waals surface area contributed by atoms with E-state index >= 15 is 0 Å². The lowest BCUT2D eigenvalue weighted by molar-refractivity contribution is -0.137. The van der Waals surface area contributed by atoms with Crippen molar-refractivity contribution in [2.75, 3.05) is 34.4 Å². The normalized spacial score (nSPS) is 16.9. The number of amides is 6. The van der Waals surface area contributed by atoms with Crippen molar-refractivity contribution in [1.82, 2.24) is 54.5 Å². The van der Waals surface area contributed by atoms with Crippen molar-refractivity contribution in [3.63, 3.8) is 0 Å². The fourth-order valence-corrected chi connectivity index (χ4v) is 9.00. The average Bonchev–Trinajstić information content (AvgIpc) is 4.21. The van der Waals surface area contributed by atoms with E-state index in [1.807, 2.05) is 6.07 Å². The quantitative estimate of drug-likeness (QED) is 0.0763. The SMILES string of the molecule is NC(=O)c1nn(CC(=O)N2C[C@H](F)C[C@H]2C(=O)Nc2cccc(Cl)n2)c2ccc(Nc3cccnc3)cc12.NC(=O)c1nn(CC(=O)N2C[C@H](F)C[C@H]2C(=O)Nc2cccc(Cl)n2)c2ccc(Nc3cccnn3)cc12. The lowest BCUT2D eigenvalue weighted by atomic mass is 10.1. The smallest absolute Gasteiger partial charge is 0.269 e. The van der Waals surface area contributed by atoms with Gasteiger partial charge in [0, 0.05) is 47.4 Å². The molecule has 23 nitrogen and oxygen atoms in total. The fourth-order valence-electron chi connectivity index (χ4n) is 8.67. The maximum absolute atomic E-state index is 14.4. The first-order valence-corrected chi connectivity index (χ1v) is 23.9.